The van der Waals surface area contributed by atoms with E-state index in [9.17, 15) is 14.4 Å². The lowest BCUT2D eigenvalue weighted by molar-refractivity contribution is -0.118. The number of thiazole rings is 1. The number of aromatic amines is 1. The number of anilines is 1. The first-order valence-electron chi connectivity index (χ1n) is 10.5. The standard InChI is InChI=1S/C22H26N6O3S/c1-14(2)18(19(29)26-21-23-7-12-32-21)25-22(31)28-10-8-27(9-11-28)20(30)17-13-15-5-3-4-6-16(15)24-17/h3-7,12-14,18,24H,8-11H2,1-2H3,(H,25,31)(H,23,26,29)/t18-/m0/s1. The third kappa shape index (κ3) is 4.75. The van der Waals surface area contributed by atoms with Crippen molar-refractivity contribution < 1.29 is 14.4 Å². The van der Waals surface area contributed by atoms with Crippen LogP contribution in [-0.2, 0) is 4.79 Å². The summed E-state index contributed by atoms with van der Waals surface area (Å²) in [6, 6.07) is 8.61. The van der Waals surface area contributed by atoms with Crippen molar-refractivity contribution in [3.63, 3.8) is 0 Å². The summed E-state index contributed by atoms with van der Waals surface area (Å²) in [5, 5.41) is 8.84. The number of benzene rings is 1. The summed E-state index contributed by atoms with van der Waals surface area (Å²) in [6.07, 6.45) is 1.61. The maximum Gasteiger partial charge on any atom is 0.318 e. The third-order valence-corrected chi connectivity index (χ3v) is 6.19. The Kier molecular flexibility index (Phi) is 6.40. The smallest absolute Gasteiger partial charge is 0.318 e. The van der Waals surface area contributed by atoms with Gasteiger partial charge in [-0.1, -0.05) is 32.0 Å². The minimum Gasteiger partial charge on any atom is -0.351 e. The molecule has 10 heteroatoms. The lowest BCUT2D eigenvalue weighted by Crippen LogP contribution is -2.57. The third-order valence-electron chi connectivity index (χ3n) is 5.51. The Morgan fingerprint density at radius 1 is 1.09 bits per heavy atom. The molecule has 3 aromatic rings. The Bertz CT molecular complexity index is 1070. The molecule has 1 aliphatic rings. The molecule has 0 spiro atoms. The molecule has 0 saturated carbocycles. The van der Waals surface area contributed by atoms with E-state index in [4.69, 9.17) is 0 Å². The van der Waals surface area contributed by atoms with Crippen LogP contribution < -0.4 is 10.6 Å². The van der Waals surface area contributed by atoms with Crippen LogP contribution in [-0.4, -0.2) is 69.8 Å². The zero-order chi connectivity index (χ0) is 22.7. The van der Waals surface area contributed by atoms with Gasteiger partial charge in [0.25, 0.3) is 5.91 Å². The van der Waals surface area contributed by atoms with E-state index in [1.807, 2.05) is 44.2 Å². The van der Waals surface area contributed by atoms with Crippen molar-refractivity contribution in [2.24, 2.45) is 5.92 Å². The van der Waals surface area contributed by atoms with E-state index in [0.717, 1.165) is 10.9 Å². The summed E-state index contributed by atoms with van der Waals surface area (Å²) in [5.74, 6) is -0.469. The minimum absolute atomic E-state index is 0.0795. The highest BCUT2D eigenvalue weighted by atomic mass is 32.1. The molecular formula is C22H26N6O3S. The minimum atomic E-state index is -0.683. The van der Waals surface area contributed by atoms with Gasteiger partial charge in [-0.15, -0.1) is 11.3 Å². The fourth-order valence-corrected chi connectivity index (χ4v) is 4.23. The predicted molar refractivity (Wildman–Crippen MR) is 124 cm³/mol. The Morgan fingerprint density at radius 2 is 1.81 bits per heavy atom. The van der Waals surface area contributed by atoms with Crippen LogP contribution in [0.15, 0.2) is 41.9 Å². The van der Waals surface area contributed by atoms with Crippen LogP contribution in [0, 0.1) is 5.92 Å². The van der Waals surface area contributed by atoms with E-state index in [0.29, 0.717) is 37.0 Å². The van der Waals surface area contributed by atoms with Gasteiger partial charge in [-0.3, -0.25) is 9.59 Å². The first kappa shape index (κ1) is 21.8. The van der Waals surface area contributed by atoms with E-state index in [2.05, 4.69) is 20.6 Å². The quantitative estimate of drug-likeness (QED) is 0.551. The number of amides is 4. The summed E-state index contributed by atoms with van der Waals surface area (Å²) < 4.78 is 0. The fourth-order valence-electron chi connectivity index (χ4n) is 3.70. The molecule has 4 amide bonds. The van der Waals surface area contributed by atoms with Gasteiger partial charge in [0.2, 0.25) is 5.91 Å². The molecule has 0 unspecified atom stereocenters. The number of aromatic nitrogens is 2. The fraction of sp³-hybridized carbons (Fsp3) is 0.364. The van der Waals surface area contributed by atoms with Crippen LogP contribution in [0.3, 0.4) is 0 Å². The van der Waals surface area contributed by atoms with Crippen LogP contribution in [0.2, 0.25) is 0 Å². The van der Waals surface area contributed by atoms with Gasteiger partial charge in [0.15, 0.2) is 5.13 Å². The summed E-state index contributed by atoms with van der Waals surface area (Å²) in [4.78, 5) is 48.9. The number of fused-ring (bicyclic) bond motifs is 1. The molecule has 3 N–H and O–H groups in total. The predicted octanol–water partition coefficient (Wildman–Crippen LogP) is 2.76. The Morgan fingerprint density at radius 3 is 2.47 bits per heavy atom. The number of H-pyrrole nitrogens is 1. The average Bonchev–Trinajstić information content (AvgIpc) is 3.46. The molecule has 0 aliphatic carbocycles. The first-order valence-corrected chi connectivity index (χ1v) is 11.4. The van der Waals surface area contributed by atoms with Crippen LogP contribution in [0.5, 0.6) is 0 Å². The van der Waals surface area contributed by atoms with E-state index in [1.165, 1.54) is 11.3 Å². The number of rotatable bonds is 5. The zero-order valence-electron chi connectivity index (χ0n) is 18.0. The Balaban J connectivity index is 1.33. The van der Waals surface area contributed by atoms with Crippen LogP contribution in [0.25, 0.3) is 10.9 Å². The van der Waals surface area contributed by atoms with Gasteiger partial charge in [-0.05, 0) is 18.1 Å². The number of nitrogens with one attached hydrogen (secondary N) is 3. The highest BCUT2D eigenvalue weighted by molar-refractivity contribution is 7.13. The van der Waals surface area contributed by atoms with Crippen molar-refractivity contribution in [2.45, 2.75) is 19.9 Å². The SMILES string of the molecule is CC(C)[C@H](NC(=O)N1CCN(C(=O)c2cc3ccccc3[nH]2)CC1)C(=O)Nc1nccs1. The number of hydrogen-bond donors (Lipinski definition) is 3. The monoisotopic (exact) mass is 454 g/mol. The summed E-state index contributed by atoms with van der Waals surface area (Å²) in [7, 11) is 0. The summed E-state index contributed by atoms with van der Waals surface area (Å²) in [5.41, 5.74) is 1.47. The van der Waals surface area contributed by atoms with Gasteiger partial charge >= 0.3 is 6.03 Å². The topological polar surface area (TPSA) is 110 Å². The summed E-state index contributed by atoms with van der Waals surface area (Å²) in [6.45, 7) is 5.42. The largest absolute Gasteiger partial charge is 0.351 e. The molecule has 3 heterocycles. The van der Waals surface area contributed by atoms with Crippen molar-refractivity contribution in [1.29, 1.82) is 0 Å². The van der Waals surface area contributed by atoms with Gasteiger partial charge in [-0.2, -0.15) is 0 Å². The first-order chi connectivity index (χ1) is 15.4. The van der Waals surface area contributed by atoms with E-state index < -0.39 is 6.04 Å². The Labute approximate surface area is 189 Å². The second-order valence-corrected chi connectivity index (χ2v) is 8.94. The number of nitrogens with zero attached hydrogens (tertiary/aromatic N) is 3. The summed E-state index contributed by atoms with van der Waals surface area (Å²) >= 11 is 1.32. The molecule has 2 aromatic heterocycles. The number of piperazine rings is 1. The highest BCUT2D eigenvalue weighted by Gasteiger charge is 2.30. The second kappa shape index (κ2) is 9.39. The van der Waals surface area contributed by atoms with Crippen molar-refractivity contribution in [1.82, 2.24) is 25.1 Å². The number of hydrogen-bond acceptors (Lipinski definition) is 5. The molecule has 168 valence electrons. The molecule has 4 rings (SSSR count). The lowest BCUT2D eigenvalue weighted by Gasteiger charge is -2.35. The number of para-hydroxylation sites is 1. The lowest BCUT2D eigenvalue weighted by atomic mass is 10.0. The molecule has 9 nitrogen and oxygen atoms in total. The number of carbonyl (C=O) groups excluding carboxylic acids is 3. The molecule has 0 bridgehead atoms. The molecule has 1 aromatic carbocycles. The van der Waals surface area contributed by atoms with Crippen molar-refractivity contribution in [3.05, 3.63) is 47.6 Å². The second-order valence-electron chi connectivity index (χ2n) is 8.05. The Hall–Kier alpha value is -3.40. The van der Waals surface area contributed by atoms with Gasteiger partial charge in [-0.25, -0.2) is 9.78 Å². The number of carbonyl (C=O) groups is 3. The molecule has 1 aliphatic heterocycles. The van der Waals surface area contributed by atoms with Crippen LogP contribution in [0.4, 0.5) is 9.93 Å². The molecular weight excluding hydrogens is 428 g/mol. The molecule has 1 fully saturated rings. The van der Waals surface area contributed by atoms with Crippen LogP contribution in [0.1, 0.15) is 24.3 Å². The maximum atomic E-state index is 12.9. The van der Waals surface area contributed by atoms with E-state index >= 15 is 0 Å². The van der Waals surface area contributed by atoms with Gasteiger partial charge in [0.1, 0.15) is 11.7 Å². The zero-order valence-corrected chi connectivity index (χ0v) is 18.8. The number of urea groups is 1. The van der Waals surface area contributed by atoms with Gasteiger partial charge in [0, 0.05) is 48.7 Å². The van der Waals surface area contributed by atoms with Crippen molar-refractivity contribution in [2.75, 3.05) is 31.5 Å². The molecule has 0 radical (unpaired) electrons. The molecule has 32 heavy (non-hydrogen) atoms. The molecule has 1 atom stereocenters. The van der Waals surface area contributed by atoms with Crippen molar-refractivity contribution >= 4 is 45.2 Å². The van der Waals surface area contributed by atoms with Gasteiger partial charge < -0.3 is 25.4 Å². The van der Waals surface area contributed by atoms with Crippen LogP contribution >= 0.6 is 11.3 Å². The van der Waals surface area contributed by atoms with Crippen molar-refractivity contribution in [3.8, 4) is 0 Å². The highest BCUT2D eigenvalue weighted by Crippen LogP contribution is 2.17. The molecule has 1 saturated heterocycles. The average molecular weight is 455 g/mol. The maximum absolute atomic E-state index is 12.9. The van der Waals surface area contributed by atoms with E-state index in [-0.39, 0.29) is 23.8 Å². The van der Waals surface area contributed by atoms with Gasteiger partial charge in [0.05, 0.1) is 0 Å². The normalized spacial score (nSPS) is 15.1. The van der Waals surface area contributed by atoms with E-state index in [1.54, 1.807) is 21.4 Å².